The average Bonchev–Trinajstić information content (AvgIpc) is 2.92. The molecule has 0 fully saturated rings. The van der Waals surface area contributed by atoms with Gasteiger partial charge in [-0.25, -0.2) is 4.98 Å². The minimum absolute atomic E-state index is 0.0327. The summed E-state index contributed by atoms with van der Waals surface area (Å²) in [5, 5.41) is 19.2. The molecule has 0 saturated carbocycles. The lowest BCUT2D eigenvalue weighted by molar-refractivity contribution is -0.384. The van der Waals surface area contributed by atoms with Crippen LogP contribution in [0.25, 0.3) is 0 Å². The Balaban J connectivity index is 2.16. The lowest BCUT2D eigenvalue weighted by atomic mass is 10.2. The van der Waals surface area contributed by atoms with Gasteiger partial charge >= 0.3 is 0 Å². The largest absolute Gasteiger partial charge is 0.370 e. The number of rotatable bonds is 7. The fraction of sp³-hybridized carbons (Fsp3) is 0.357. The van der Waals surface area contributed by atoms with Crippen LogP contribution in [-0.4, -0.2) is 16.5 Å². The minimum atomic E-state index is -0.406. The SMILES string of the molecule is CCNc1cc([N+](=O)[O-])cc(NCc2sccc2CC)n1. The average molecular weight is 306 g/mol. The zero-order valence-corrected chi connectivity index (χ0v) is 12.9. The van der Waals surface area contributed by atoms with Crippen LogP contribution in [0.1, 0.15) is 24.3 Å². The Labute approximate surface area is 127 Å². The van der Waals surface area contributed by atoms with Crippen LogP contribution in [0, 0.1) is 10.1 Å². The highest BCUT2D eigenvalue weighted by Gasteiger charge is 2.11. The number of hydrogen-bond acceptors (Lipinski definition) is 6. The van der Waals surface area contributed by atoms with Crippen molar-refractivity contribution in [2.75, 3.05) is 17.2 Å². The van der Waals surface area contributed by atoms with Crippen LogP contribution in [0.3, 0.4) is 0 Å². The van der Waals surface area contributed by atoms with E-state index in [4.69, 9.17) is 0 Å². The molecular formula is C14H18N4O2S. The van der Waals surface area contributed by atoms with E-state index in [-0.39, 0.29) is 5.69 Å². The van der Waals surface area contributed by atoms with E-state index in [1.54, 1.807) is 11.3 Å². The van der Waals surface area contributed by atoms with Crippen molar-refractivity contribution in [1.29, 1.82) is 0 Å². The number of aromatic nitrogens is 1. The Hall–Kier alpha value is -2.15. The molecule has 0 aliphatic rings. The molecule has 0 aliphatic carbocycles. The first-order chi connectivity index (χ1) is 10.1. The van der Waals surface area contributed by atoms with E-state index in [0.717, 1.165) is 6.42 Å². The number of pyridine rings is 1. The van der Waals surface area contributed by atoms with E-state index in [2.05, 4.69) is 34.0 Å². The first kappa shape index (κ1) is 15.2. The van der Waals surface area contributed by atoms with Gasteiger partial charge in [-0.3, -0.25) is 10.1 Å². The molecule has 0 amide bonds. The van der Waals surface area contributed by atoms with Crippen molar-refractivity contribution in [1.82, 2.24) is 4.98 Å². The molecule has 2 heterocycles. The zero-order valence-electron chi connectivity index (χ0n) is 12.0. The van der Waals surface area contributed by atoms with Gasteiger partial charge < -0.3 is 10.6 Å². The normalized spacial score (nSPS) is 10.4. The molecule has 2 rings (SSSR count). The van der Waals surface area contributed by atoms with Crippen molar-refractivity contribution < 1.29 is 4.92 Å². The fourth-order valence-corrected chi connectivity index (χ4v) is 2.91. The maximum absolute atomic E-state index is 11.0. The molecule has 0 bridgehead atoms. The molecule has 6 nitrogen and oxygen atoms in total. The second-order valence-electron chi connectivity index (χ2n) is 4.46. The highest BCUT2D eigenvalue weighted by molar-refractivity contribution is 7.10. The number of nitro groups is 1. The molecule has 112 valence electrons. The number of thiophene rings is 1. The van der Waals surface area contributed by atoms with Crippen LogP contribution < -0.4 is 10.6 Å². The summed E-state index contributed by atoms with van der Waals surface area (Å²) in [5.74, 6) is 1.02. The first-order valence-corrected chi connectivity index (χ1v) is 7.71. The molecule has 2 aromatic heterocycles. The Morgan fingerprint density at radius 3 is 2.62 bits per heavy atom. The fourth-order valence-electron chi connectivity index (χ4n) is 1.99. The highest BCUT2D eigenvalue weighted by Crippen LogP contribution is 2.23. The second kappa shape index (κ2) is 7.03. The maximum atomic E-state index is 11.0. The molecule has 0 spiro atoms. The van der Waals surface area contributed by atoms with E-state index in [0.29, 0.717) is 24.7 Å². The Kier molecular flexibility index (Phi) is 5.10. The summed E-state index contributed by atoms with van der Waals surface area (Å²) in [4.78, 5) is 16.1. The van der Waals surface area contributed by atoms with E-state index in [9.17, 15) is 10.1 Å². The van der Waals surface area contributed by atoms with Crippen molar-refractivity contribution in [3.05, 3.63) is 44.1 Å². The van der Waals surface area contributed by atoms with Gasteiger partial charge in [-0.2, -0.15) is 0 Å². The van der Waals surface area contributed by atoms with Crippen LogP contribution in [0.15, 0.2) is 23.6 Å². The summed E-state index contributed by atoms with van der Waals surface area (Å²) in [6.45, 7) is 5.33. The molecule has 7 heteroatoms. The molecule has 0 radical (unpaired) electrons. The monoisotopic (exact) mass is 306 g/mol. The number of nitrogens with zero attached hydrogens (tertiary/aromatic N) is 2. The van der Waals surface area contributed by atoms with Crippen molar-refractivity contribution in [3.8, 4) is 0 Å². The van der Waals surface area contributed by atoms with E-state index < -0.39 is 4.92 Å². The Morgan fingerprint density at radius 1 is 1.29 bits per heavy atom. The van der Waals surface area contributed by atoms with Gasteiger partial charge in [0, 0.05) is 11.4 Å². The van der Waals surface area contributed by atoms with Gasteiger partial charge in [0.1, 0.15) is 11.6 Å². The molecule has 2 N–H and O–H groups in total. The number of anilines is 2. The van der Waals surface area contributed by atoms with Gasteiger partial charge in [0.2, 0.25) is 0 Å². The summed E-state index contributed by atoms with van der Waals surface area (Å²) in [5.41, 5.74) is 1.33. The van der Waals surface area contributed by atoms with Gasteiger partial charge in [-0.15, -0.1) is 11.3 Å². The van der Waals surface area contributed by atoms with Gasteiger partial charge in [0.05, 0.1) is 23.6 Å². The van der Waals surface area contributed by atoms with E-state index >= 15 is 0 Å². The van der Waals surface area contributed by atoms with Gasteiger partial charge in [-0.05, 0) is 30.4 Å². The van der Waals surface area contributed by atoms with E-state index in [1.807, 2.05) is 6.92 Å². The van der Waals surface area contributed by atoms with Gasteiger partial charge in [0.25, 0.3) is 5.69 Å². The molecule has 0 aromatic carbocycles. The summed E-state index contributed by atoms with van der Waals surface area (Å²) < 4.78 is 0. The third-order valence-corrected chi connectivity index (χ3v) is 3.99. The summed E-state index contributed by atoms with van der Waals surface area (Å²) in [6, 6.07) is 5.00. The van der Waals surface area contributed by atoms with Crippen LogP contribution >= 0.6 is 11.3 Å². The van der Waals surface area contributed by atoms with Crippen molar-refractivity contribution >= 4 is 28.7 Å². The van der Waals surface area contributed by atoms with Crippen molar-refractivity contribution in [2.24, 2.45) is 0 Å². The van der Waals surface area contributed by atoms with Gasteiger partial charge in [0.15, 0.2) is 0 Å². The van der Waals surface area contributed by atoms with E-state index in [1.165, 1.54) is 22.6 Å². The maximum Gasteiger partial charge on any atom is 0.276 e. The van der Waals surface area contributed by atoms with Crippen molar-refractivity contribution in [2.45, 2.75) is 26.8 Å². The predicted molar refractivity (Wildman–Crippen MR) is 86.1 cm³/mol. The topological polar surface area (TPSA) is 80.1 Å². The van der Waals surface area contributed by atoms with Crippen LogP contribution in [0.4, 0.5) is 17.3 Å². The third kappa shape index (κ3) is 3.91. The van der Waals surface area contributed by atoms with Crippen LogP contribution in [0.5, 0.6) is 0 Å². The molecule has 0 atom stereocenters. The standard InChI is InChI=1S/C14H18N4O2S/c1-3-10-5-6-21-12(10)9-16-14-8-11(18(19)20)7-13(17-14)15-4-2/h5-8H,3-4,9H2,1-2H3,(H2,15,16,17). The highest BCUT2D eigenvalue weighted by atomic mass is 32.1. The number of hydrogen-bond donors (Lipinski definition) is 2. The lowest BCUT2D eigenvalue weighted by Crippen LogP contribution is -2.06. The molecule has 2 aromatic rings. The summed E-state index contributed by atoms with van der Waals surface area (Å²) >= 11 is 1.68. The molecule has 21 heavy (non-hydrogen) atoms. The van der Waals surface area contributed by atoms with Crippen LogP contribution in [-0.2, 0) is 13.0 Å². The minimum Gasteiger partial charge on any atom is -0.370 e. The molecule has 0 unspecified atom stereocenters. The third-order valence-electron chi connectivity index (χ3n) is 3.03. The zero-order chi connectivity index (χ0) is 15.2. The van der Waals surface area contributed by atoms with Crippen LogP contribution in [0.2, 0.25) is 0 Å². The van der Waals surface area contributed by atoms with Gasteiger partial charge in [-0.1, -0.05) is 6.92 Å². The number of nitrogens with one attached hydrogen (secondary N) is 2. The summed E-state index contributed by atoms with van der Waals surface area (Å²) in [6.07, 6.45) is 0.978. The molecular weight excluding hydrogens is 288 g/mol. The second-order valence-corrected chi connectivity index (χ2v) is 5.46. The first-order valence-electron chi connectivity index (χ1n) is 6.83. The summed E-state index contributed by atoms with van der Waals surface area (Å²) in [7, 11) is 0. The Bertz CT molecular complexity index is 627. The predicted octanol–water partition coefficient (Wildman–Crippen LogP) is 3.66. The molecule has 0 aliphatic heterocycles. The Morgan fingerprint density at radius 2 is 2.00 bits per heavy atom. The number of aryl methyl sites for hydroxylation is 1. The van der Waals surface area contributed by atoms with Crippen molar-refractivity contribution in [3.63, 3.8) is 0 Å². The molecule has 0 saturated heterocycles. The smallest absolute Gasteiger partial charge is 0.276 e. The lowest BCUT2D eigenvalue weighted by Gasteiger charge is -2.08. The quantitative estimate of drug-likeness (QED) is 0.603.